The first-order valence-electron chi connectivity index (χ1n) is 15.9. The molecule has 11 nitrogen and oxygen atoms in total. The van der Waals surface area contributed by atoms with Crippen LogP contribution in [-0.2, 0) is 35.0 Å². The van der Waals surface area contributed by atoms with E-state index in [1.54, 1.807) is 50.4 Å². The summed E-state index contributed by atoms with van der Waals surface area (Å²) in [6, 6.07) is 12.4. The second kappa shape index (κ2) is 14.3. The number of aliphatic hydroxyl groups is 1. The molecule has 48 heavy (non-hydrogen) atoms. The van der Waals surface area contributed by atoms with E-state index in [0.29, 0.717) is 23.5 Å². The SMILES string of the molecule is COc1cc2cc(c1Cl)N(C)C(=O)C[C@H](OC(=O)Nc1ccccc1)[C@]1(C)O[C@H]1[C@H](C)[C@@H]1C[C@@](O)(CC(=O)O1)[C@H](OC)/C=C/C=C(\C)C2. The normalized spacial score (nSPS) is 32.6. The van der Waals surface area contributed by atoms with Crippen LogP contribution in [0.5, 0.6) is 5.75 Å². The van der Waals surface area contributed by atoms with Gasteiger partial charge in [-0.15, -0.1) is 0 Å². The maximum Gasteiger partial charge on any atom is 0.412 e. The van der Waals surface area contributed by atoms with Gasteiger partial charge in [0.2, 0.25) is 5.91 Å². The molecule has 4 bridgehead atoms. The van der Waals surface area contributed by atoms with Crippen molar-refractivity contribution >= 4 is 40.9 Å². The second-order valence-electron chi connectivity index (χ2n) is 13.0. The Hall–Kier alpha value is -3.90. The van der Waals surface area contributed by atoms with E-state index in [0.717, 1.165) is 11.1 Å². The molecule has 3 heterocycles. The van der Waals surface area contributed by atoms with Crippen LogP contribution < -0.4 is 15.0 Å². The summed E-state index contributed by atoms with van der Waals surface area (Å²) in [5.74, 6) is -0.986. The van der Waals surface area contributed by atoms with E-state index in [4.69, 9.17) is 35.3 Å². The van der Waals surface area contributed by atoms with E-state index in [1.807, 2.05) is 38.1 Å². The molecule has 0 unspecified atom stereocenters. The van der Waals surface area contributed by atoms with Crippen molar-refractivity contribution in [2.45, 2.75) is 82.1 Å². The molecule has 2 fully saturated rings. The van der Waals surface area contributed by atoms with Crippen molar-refractivity contribution < 1.29 is 43.2 Å². The number of anilines is 2. The zero-order chi connectivity index (χ0) is 34.8. The minimum Gasteiger partial charge on any atom is -0.495 e. The number of benzene rings is 2. The van der Waals surface area contributed by atoms with E-state index in [9.17, 15) is 19.5 Å². The fourth-order valence-corrected chi connectivity index (χ4v) is 6.97. The van der Waals surface area contributed by atoms with Crippen molar-refractivity contribution in [3.05, 3.63) is 76.9 Å². The average molecular weight is 683 g/mol. The number of amides is 2. The molecule has 0 aromatic heterocycles. The molecule has 0 radical (unpaired) electrons. The van der Waals surface area contributed by atoms with Gasteiger partial charge >= 0.3 is 12.1 Å². The predicted molar refractivity (Wildman–Crippen MR) is 180 cm³/mol. The third kappa shape index (κ3) is 7.54. The lowest BCUT2D eigenvalue weighted by Crippen LogP contribution is -2.53. The largest absolute Gasteiger partial charge is 0.495 e. The van der Waals surface area contributed by atoms with Crippen molar-refractivity contribution in [1.29, 1.82) is 0 Å². The van der Waals surface area contributed by atoms with Crippen LogP contribution in [0, 0.1) is 5.92 Å². The van der Waals surface area contributed by atoms with E-state index in [-0.39, 0.29) is 30.2 Å². The van der Waals surface area contributed by atoms with E-state index in [2.05, 4.69) is 5.32 Å². The standard InChI is InChI=1S/C36H43ClN2O9/c1-21-11-10-14-28(45-6)36(43)19-27(46-31(41)20-36)22(2)33-35(3,48-33)29(47-34(42)38-24-12-8-7-9-13-24)18-30(40)39(4)25-16-23(15-21)17-26(44-5)32(25)37/h7-14,16-17,22,27-29,33,43H,15,18-20H2,1-6H3,(H,38,42)/b14-10+,21-11+/t22-,27+,28-,29+,33+,35+,36-/m1/s1. The number of hydrogen-bond acceptors (Lipinski definition) is 9. The van der Waals surface area contributed by atoms with Crippen molar-refractivity contribution in [1.82, 2.24) is 0 Å². The van der Waals surface area contributed by atoms with E-state index in [1.165, 1.54) is 19.1 Å². The number of hydrogen-bond donors (Lipinski definition) is 2. The summed E-state index contributed by atoms with van der Waals surface area (Å²) in [6.07, 6.45) is 1.58. The van der Waals surface area contributed by atoms with Crippen molar-refractivity contribution in [3.8, 4) is 5.75 Å². The summed E-state index contributed by atoms with van der Waals surface area (Å²) in [7, 11) is 4.59. The first-order chi connectivity index (χ1) is 22.8. The Morgan fingerprint density at radius 1 is 1.17 bits per heavy atom. The first-order valence-corrected chi connectivity index (χ1v) is 16.3. The Bertz CT molecular complexity index is 1600. The van der Waals surface area contributed by atoms with Gasteiger partial charge in [-0.3, -0.25) is 14.9 Å². The molecule has 2 aromatic rings. The highest BCUT2D eigenvalue weighted by Gasteiger charge is 2.64. The number of nitrogens with one attached hydrogen (secondary N) is 1. The highest BCUT2D eigenvalue weighted by Crippen LogP contribution is 2.49. The number of halogens is 1. The molecule has 7 atom stereocenters. The van der Waals surface area contributed by atoms with Crippen LogP contribution in [-0.4, -0.2) is 80.0 Å². The van der Waals surface area contributed by atoms with E-state index >= 15 is 0 Å². The molecule has 2 N–H and O–H groups in total. The molecule has 2 saturated heterocycles. The van der Waals surface area contributed by atoms with Crippen molar-refractivity contribution in [2.24, 2.45) is 5.92 Å². The highest BCUT2D eigenvalue weighted by molar-refractivity contribution is 6.35. The summed E-state index contributed by atoms with van der Waals surface area (Å²) in [5, 5.41) is 14.7. The fourth-order valence-electron chi connectivity index (χ4n) is 6.66. The molecule has 0 spiro atoms. The number of allylic oxidation sites excluding steroid dienone is 3. The summed E-state index contributed by atoms with van der Waals surface area (Å²) in [5.41, 5.74) is 0.0840. The number of methoxy groups -OCH3 is 2. The lowest BCUT2D eigenvalue weighted by molar-refractivity contribution is -0.187. The van der Waals surface area contributed by atoms with Crippen LogP contribution in [0.2, 0.25) is 5.02 Å². The van der Waals surface area contributed by atoms with Crippen LogP contribution in [0.3, 0.4) is 0 Å². The van der Waals surface area contributed by atoms with Crippen molar-refractivity contribution in [2.75, 3.05) is 31.5 Å². The summed E-state index contributed by atoms with van der Waals surface area (Å²) < 4.78 is 29.1. The molecule has 12 heteroatoms. The van der Waals surface area contributed by atoms with Gasteiger partial charge in [0.15, 0.2) is 0 Å². The number of nitrogens with zero attached hydrogens (tertiary/aromatic N) is 1. The zero-order valence-electron chi connectivity index (χ0n) is 28.0. The quantitative estimate of drug-likeness (QED) is 0.311. The molecule has 2 amide bonds. The average Bonchev–Trinajstić information content (AvgIpc) is 3.74. The van der Waals surface area contributed by atoms with Gasteiger partial charge in [0, 0.05) is 32.2 Å². The number of epoxide rings is 1. The number of carbonyl (C=O) groups is 3. The molecule has 3 aliphatic rings. The maximum atomic E-state index is 14.0. The van der Waals surface area contributed by atoms with E-state index < -0.39 is 53.6 Å². The van der Waals surface area contributed by atoms with Crippen LogP contribution in [0.25, 0.3) is 0 Å². The predicted octanol–water partition coefficient (Wildman–Crippen LogP) is 5.62. The van der Waals surface area contributed by atoms with Crippen molar-refractivity contribution in [3.63, 3.8) is 0 Å². The summed E-state index contributed by atoms with van der Waals surface area (Å²) in [4.78, 5) is 41.4. The molecule has 0 saturated carbocycles. The topological polar surface area (TPSA) is 136 Å². The van der Waals surface area contributed by atoms with Gasteiger partial charge in [-0.2, -0.15) is 0 Å². The summed E-state index contributed by atoms with van der Waals surface area (Å²) in [6.45, 7) is 5.55. The number of rotatable bonds is 4. The monoisotopic (exact) mass is 682 g/mol. The minimum absolute atomic E-state index is 0.0905. The van der Waals surface area contributed by atoms with Gasteiger partial charge in [-0.1, -0.05) is 60.5 Å². The summed E-state index contributed by atoms with van der Waals surface area (Å²) >= 11 is 6.73. The lowest BCUT2D eigenvalue weighted by atomic mass is 9.78. The second-order valence-corrected chi connectivity index (χ2v) is 13.4. The first kappa shape index (κ1) is 35.4. The van der Waals surface area contributed by atoms with Gasteiger partial charge in [-0.25, -0.2) is 4.79 Å². The number of para-hydroxylation sites is 1. The minimum atomic E-state index is -1.54. The number of fused-ring (bicyclic) bond motifs is 5. The highest BCUT2D eigenvalue weighted by atomic mass is 35.5. The van der Waals surface area contributed by atoms with Gasteiger partial charge in [0.1, 0.15) is 40.3 Å². The fraction of sp³-hybridized carbons (Fsp3) is 0.472. The van der Waals surface area contributed by atoms with Gasteiger partial charge in [0.05, 0.1) is 31.7 Å². The molecule has 5 rings (SSSR count). The Balaban J connectivity index is 1.54. The third-order valence-electron chi connectivity index (χ3n) is 9.48. The molecule has 258 valence electrons. The maximum absolute atomic E-state index is 14.0. The smallest absolute Gasteiger partial charge is 0.412 e. The Kier molecular flexibility index (Phi) is 10.5. The Morgan fingerprint density at radius 2 is 1.90 bits per heavy atom. The van der Waals surface area contributed by atoms with Crippen LogP contribution >= 0.6 is 11.6 Å². The van der Waals surface area contributed by atoms with Crippen LogP contribution in [0.1, 0.15) is 45.6 Å². The van der Waals surface area contributed by atoms with Crippen LogP contribution in [0.15, 0.2) is 66.3 Å². The molecule has 0 aliphatic carbocycles. The number of esters is 1. The molecular formula is C36H43ClN2O9. The molecule has 3 aliphatic heterocycles. The van der Waals surface area contributed by atoms with Gasteiger partial charge in [0.25, 0.3) is 0 Å². The number of carbonyl (C=O) groups excluding carboxylic acids is 3. The van der Waals surface area contributed by atoms with Gasteiger partial charge in [-0.05, 0) is 50.1 Å². The van der Waals surface area contributed by atoms with Crippen LogP contribution in [0.4, 0.5) is 16.2 Å². The Morgan fingerprint density at radius 3 is 2.58 bits per heavy atom. The Labute approximate surface area is 285 Å². The lowest BCUT2D eigenvalue weighted by Gasteiger charge is -2.41. The number of ether oxygens (including phenoxy) is 5. The molecule has 2 aromatic carbocycles. The van der Waals surface area contributed by atoms with Gasteiger partial charge < -0.3 is 33.7 Å². The third-order valence-corrected chi connectivity index (χ3v) is 9.86. The zero-order valence-corrected chi connectivity index (χ0v) is 28.8. The molecular weight excluding hydrogens is 640 g/mol.